The summed E-state index contributed by atoms with van der Waals surface area (Å²) in [7, 11) is -2.06. The fraction of sp³-hybridized carbons (Fsp3) is 0.455. The second-order valence-electron chi connectivity index (χ2n) is 5.24. The van der Waals surface area contributed by atoms with Crippen LogP contribution in [0.25, 0.3) is 0 Å². The summed E-state index contributed by atoms with van der Waals surface area (Å²) >= 11 is 0. The number of hydrogen-bond acceptors (Lipinski definition) is 4. The highest BCUT2D eigenvalue weighted by Crippen LogP contribution is 2.18. The van der Waals surface area contributed by atoms with Crippen LogP contribution in [0.2, 0.25) is 0 Å². The van der Waals surface area contributed by atoms with Crippen molar-refractivity contribution in [1.29, 1.82) is 0 Å². The lowest BCUT2D eigenvalue weighted by atomic mass is 10.1. The van der Waals surface area contributed by atoms with E-state index >= 15 is 0 Å². The van der Waals surface area contributed by atoms with E-state index in [9.17, 15) is 8.42 Å². The van der Waals surface area contributed by atoms with Crippen molar-refractivity contribution in [3.63, 3.8) is 0 Å². The van der Waals surface area contributed by atoms with Gasteiger partial charge in [-0.2, -0.15) is 18.6 Å². The van der Waals surface area contributed by atoms with E-state index in [0.717, 1.165) is 0 Å². The third-order valence-corrected chi connectivity index (χ3v) is 4.03. The molecule has 0 aliphatic heterocycles. The van der Waals surface area contributed by atoms with E-state index in [2.05, 4.69) is 14.9 Å². The Bertz CT molecular complexity index is 678. The normalized spacial score (nSPS) is 12.6. The molecule has 0 aromatic carbocycles. The molecule has 0 bridgehead atoms. The summed E-state index contributed by atoms with van der Waals surface area (Å²) in [4.78, 5) is 0. The minimum atomic E-state index is -3.64. The van der Waals surface area contributed by atoms with E-state index in [-0.39, 0.29) is 10.6 Å². The van der Waals surface area contributed by atoms with Gasteiger partial charge in [0.25, 0.3) is 10.0 Å². The van der Waals surface area contributed by atoms with Crippen molar-refractivity contribution in [2.75, 3.05) is 4.72 Å². The number of aryl methyl sites for hydroxylation is 1. The van der Waals surface area contributed by atoms with Gasteiger partial charge in [-0.05, 0) is 26.8 Å². The summed E-state index contributed by atoms with van der Waals surface area (Å²) in [6.07, 6.45) is 4.58. The highest BCUT2D eigenvalue weighted by atomic mass is 32.2. The summed E-state index contributed by atoms with van der Waals surface area (Å²) < 4.78 is 29.8. The van der Waals surface area contributed by atoms with Crippen LogP contribution < -0.4 is 4.72 Å². The molecule has 2 heterocycles. The van der Waals surface area contributed by atoms with Gasteiger partial charge >= 0.3 is 0 Å². The van der Waals surface area contributed by atoms with Crippen LogP contribution >= 0.6 is 0 Å². The second-order valence-corrected chi connectivity index (χ2v) is 6.87. The Balaban J connectivity index is 2.27. The third-order valence-electron chi connectivity index (χ3n) is 2.57. The Kier molecular flexibility index (Phi) is 3.13. The van der Waals surface area contributed by atoms with E-state index < -0.39 is 10.0 Å². The molecule has 19 heavy (non-hydrogen) atoms. The van der Waals surface area contributed by atoms with Crippen LogP contribution in [-0.2, 0) is 22.6 Å². The van der Waals surface area contributed by atoms with Crippen LogP contribution in [0, 0.1) is 0 Å². The molecule has 2 rings (SSSR count). The first-order valence-corrected chi connectivity index (χ1v) is 7.24. The molecule has 104 valence electrons. The number of nitrogens with zero attached hydrogens (tertiary/aromatic N) is 4. The van der Waals surface area contributed by atoms with Crippen LogP contribution in [0.15, 0.2) is 29.7 Å². The molecule has 0 saturated carbocycles. The number of aromatic nitrogens is 4. The number of anilines is 1. The molecule has 0 amide bonds. The minimum absolute atomic E-state index is 0.107. The quantitative estimate of drug-likeness (QED) is 0.916. The molecular formula is C11H17N5O2S. The van der Waals surface area contributed by atoms with Crippen molar-refractivity contribution < 1.29 is 8.42 Å². The van der Waals surface area contributed by atoms with Crippen molar-refractivity contribution in [2.24, 2.45) is 7.05 Å². The molecule has 0 aliphatic rings. The van der Waals surface area contributed by atoms with Gasteiger partial charge in [0.15, 0.2) is 5.03 Å². The van der Waals surface area contributed by atoms with Gasteiger partial charge in [-0.3, -0.25) is 14.1 Å². The number of rotatable bonds is 3. The molecule has 0 spiro atoms. The molecule has 0 fully saturated rings. The molecule has 0 radical (unpaired) electrons. The van der Waals surface area contributed by atoms with Crippen LogP contribution in [-0.4, -0.2) is 28.0 Å². The summed E-state index contributed by atoms with van der Waals surface area (Å²) in [5.74, 6) is 0. The molecule has 0 atom stereocenters. The Morgan fingerprint density at radius 3 is 2.42 bits per heavy atom. The van der Waals surface area contributed by atoms with E-state index in [1.54, 1.807) is 17.9 Å². The molecule has 0 unspecified atom stereocenters. The Morgan fingerprint density at radius 1 is 1.26 bits per heavy atom. The maximum absolute atomic E-state index is 12.1. The Morgan fingerprint density at radius 2 is 1.95 bits per heavy atom. The van der Waals surface area contributed by atoms with Gasteiger partial charge in [-0.1, -0.05) is 0 Å². The molecule has 1 N–H and O–H groups in total. The van der Waals surface area contributed by atoms with Crippen LogP contribution in [0.5, 0.6) is 0 Å². The summed E-state index contributed by atoms with van der Waals surface area (Å²) in [5.41, 5.74) is 0.229. The van der Waals surface area contributed by atoms with Gasteiger partial charge in [-0.25, -0.2) is 0 Å². The summed E-state index contributed by atoms with van der Waals surface area (Å²) in [6, 6.07) is 1.44. The van der Waals surface area contributed by atoms with E-state index in [0.29, 0.717) is 5.69 Å². The van der Waals surface area contributed by atoms with Crippen LogP contribution in [0.4, 0.5) is 5.69 Å². The first-order chi connectivity index (χ1) is 8.70. The number of sulfonamides is 1. The summed E-state index contributed by atoms with van der Waals surface area (Å²) in [6.45, 7) is 5.96. The fourth-order valence-electron chi connectivity index (χ4n) is 1.58. The zero-order chi connectivity index (χ0) is 14.3. The van der Waals surface area contributed by atoms with Gasteiger partial charge in [-0.15, -0.1) is 0 Å². The Labute approximate surface area is 112 Å². The van der Waals surface area contributed by atoms with Crippen molar-refractivity contribution >= 4 is 15.7 Å². The zero-order valence-electron chi connectivity index (χ0n) is 11.3. The van der Waals surface area contributed by atoms with Crippen molar-refractivity contribution in [3.05, 3.63) is 24.7 Å². The predicted octanol–water partition coefficient (Wildman–Crippen LogP) is 1.17. The lowest BCUT2D eigenvalue weighted by Gasteiger charge is -2.18. The smallest absolute Gasteiger partial charge is 0.275 e. The van der Waals surface area contributed by atoms with E-state index in [1.807, 2.05) is 20.8 Å². The topological polar surface area (TPSA) is 81.8 Å². The highest BCUT2D eigenvalue weighted by Gasteiger charge is 2.20. The van der Waals surface area contributed by atoms with Crippen molar-refractivity contribution in [1.82, 2.24) is 19.6 Å². The van der Waals surface area contributed by atoms with Gasteiger partial charge < -0.3 is 0 Å². The van der Waals surface area contributed by atoms with Crippen LogP contribution in [0.1, 0.15) is 20.8 Å². The van der Waals surface area contributed by atoms with Gasteiger partial charge in [0, 0.05) is 13.2 Å². The molecule has 8 heteroatoms. The largest absolute Gasteiger partial charge is 0.279 e. The van der Waals surface area contributed by atoms with E-state index in [4.69, 9.17) is 0 Å². The average Bonchev–Trinajstić information content (AvgIpc) is 2.85. The summed E-state index contributed by atoms with van der Waals surface area (Å²) in [5, 5.41) is 8.10. The number of nitrogens with one attached hydrogen (secondary N) is 1. The molecule has 7 nitrogen and oxygen atoms in total. The first-order valence-electron chi connectivity index (χ1n) is 5.76. The van der Waals surface area contributed by atoms with Crippen LogP contribution in [0.3, 0.4) is 0 Å². The molecule has 0 aliphatic carbocycles. The zero-order valence-corrected chi connectivity index (χ0v) is 12.1. The standard InChI is InChI=1S/C11H17N5O2S/c1-11(2,3)16-8-9(7-13-16)14-19(17,18)10-5-6-12-15(10)4/h5-8,14H,1-4H3. The van der Waals surface area contributed by atoms with E-state index in [1.165, 1.54) is 23.1 Å². The van der Waals surface area contributed by atoms with Gasteiger partial charge in [0.05, 0.1) is 23.6 Å². The lowest BCUT2D eigenvalue weighted by Crippen LogP contribution is -2.22. The molecule has 2 aromatic rings. The first kappa shape index (κ1) is 13.6. The lowest BCUT2D eigenvalue weighted by molar-refractivity contribution is 0.355. The Hall–Kier alpha value is -1.83. The average molecular weight is 283 g/mol. The maximum Gasteiger partial charge on any atom is 0.279 e. The molecule has 2 aromatic heterocycles. The van der Waals surface area contributed by atoms with Gasteiger partial charge in [0.1, 0.15) is 0 Å². The predicted molar refractivity (Wildman–Crippen MR) is 71.2 cm³/mol. The SMILES string of the molecule is Cn1nccc1S(=O)(=O)Nc1cnn(C(C)(C)C)c1. The minimum Gasteiger partial charge on any atom is -0.275 e. The highest BCUT2D eigenvalue weighted by molar-refractivity contribution is 7.92. The van der Waals surface area contributed by atoms with Crippen molar-refractivity contribution in [2.45, 2.75) is 31.3 Å². The third kappa shape index (κ3) is 2.78. The molecule has 0 saturated heterocycles. The maximum atomic E-state index is 12.1. The number of hydrogen-bond donors (Lipinski definition) is 1. The fourth-order valence-corrected chi connectivity index (χ4v) is 2.73. The van der Waals surface area contributed by atoms with Gasteiger partial charge in [0.2, 0.25) is 0 Å². The monoisotopic (exact) mass is 283 g/mol. The molecular weight excluding hydrogens is 266 g/mol. The second kappa shape index (κ2) is 4.37. The van der Waals surface area contributed by atoms with Crippen molar-refractivity contribution in [3.8, 4) is 0 Å².